The molecule has 0 bridgehead atoms. The van der Waals surface area contributed by atoms with E-state index in [1.807, 2.05) is 32.2 Å². The first-order valence-electron chi connectivity index (χ1n) is 5.35. The van der Waals surface area contributed by atoms with Crippen molar-refractivity contribution in [1.82, 2.24) is 5.32 Å². The van der Waals surface area contributed by atoms with Crippen LogP contribution in [0.15, 0.2) is 18.2 Å². The molecule has 1 aliphatic carbocycles. The minimum absolute atomic E-state index is 0.565. The second-order valence-electron chi connectivity index (χ2n) is 3.85. The fraction of sp³-hybridized carbons (Fsp3) is 0.500. The lowest BCUT2D eigenvalue weighted by molar-refractivity contribution is 0.336. The standard InChI is InChI=1S/C12H16ClNO/c1-3-15-12-5-4-8(13)6-10(12)9-7-11(9)14-2/h4-6,9,11,14H,3,7H2,1-2H3. The summed E-state index contributed by atoms with van der Waals surface area (Å²) in [4.78, 5) is 0. The van der Waals surface area contributed by atoms with Gasteiger partial charge in [-0.15, -0.1) is 0 Å². The summed E-state index contributed by atoms with van der Waals surface area (Å²) in [5.74, 6) is 1.54. The first-order chi connectivity index (χ1) is 7.26. The van der Waals surface area contributed by atoms with E-state index in [0.717, 1.165) is 10.8 Å². The van der Waals surface area contributed by atoms with Crippen molar-refractivity contribution in [2.75, 3.05) is 13.7 Å². The van der Waals surface area contributed by atoms with Crippen LogP contribution in [-0.2, 0) is 0 Å². The van der Waals surface area contributed by atoms with E-state index in [1.54, 1.807) is 0 Å². The highest BCUT2D eigenvalue weighted by Crippen LogP contribution is 2.45. The minimum Gasteiger partial charge on any atom is -0.494 e. The Morgan fingerprint density at radius 1 is 1.53 bits per heavy atom. The Morgan fingerprint density at radius 2 is 2.33 bits per heavy atom. The molecule has 0 saturated heterocycles. The Bertz CT molecular complexity index is 353. The van der Waals surface area contributed by atoms with Gasteiger partial charge in [-0.05, 0) is 38.6 Å². The summed E-state index contributed by atoms with van der Waals surface area (Å²) in [6.45, 7) is 2.70. The molecule has 1 saturated carbocycles. The topological polar surface area (TPSA) is 21.3 Å². The van der Waals surface area contributed by atoms with Crippen LogP contribution in [0.25, 0.3) is 0 Å². The van der Waals surface area contributed by atoms with E-state index in [-0.39, 0.29) is 0 Å². The van der Waals surface area contributed by atoms with E-state index >= 15 is 0 Å². The average molecular weight is 226 g/mol. The van der Waals surface area contributed by atoms with Crippen molar-refractivity contribution in [2.24, 2.45) is 0 Å². The van der Waals surface area contributed by atoms with Crippen LogP contribution < -0.4 is 10.1 Å². The lowest BCUT2D eigenvalue weighted by atomic mass is 10.1. The van der Waals surface area contributed by atoms with Crippen molar-refractivity contribution in [3.8, 4) is 5.75 Å². The van der Waals surface area contributed by atoms with Gasteiger partial charge in [0.2, 0.25) is 0 Å². The van der Waals surface area contributed by atoms with Crippen LogP contribution in [0, 0.1) is 0 Å². The number of rotatable bonds is 4. The van der Waals surface area contributed by atoms with Crippen LogP contribution in [0.3, 0.4) is 0 Å². The predicted molar refractivity (Wildman–Crippen MR) is 62.8 cm³/mol. The molecule has 0 aliphatic heterocycles. The van der Waals surface area contributed by atoms with Crippen LogP contribution in [0.5, 0.6) is 5.75 Å². The van der Waals surface area contributed by atoms with Crippen molar-refractivity contribution < 1.29 is 4.74 Å². The molecule has 15 heavy (non-hydrogen) atoms. The van der Waals surface area contributed by atoms with Gasteiger partial charge in [0, 0.05) is 22.5 Å². The summed E-state index contributed by atoms with van der Waals surface area (Å²) in [5, 5.41) is 4.06. The van der Waals surface area contributed by atoms with E-state index in [0.29, 0.717) is 18.6 Å². The molecule has 0 radical (unpaired) electrons. The molecule has 82 valence electrons. The number of ether oxygens (including phenoxy) is 1. The molecule has 1 aromatic rings. The number of halogens is 1. The van der Waals surface area contributed by atoms with Crippen molar-refractivity contribution in [3.63, 3.8) is 0 Å². The van der Waals surface area contributed by atoms with Crippen LogP contribution in [0.2, 0.25) is 5.02 Å². The Morgan fingerprint density at radius 3 is 2.93 bits per heavy atom. The normalized spacial score (nSPS) is 23.9. The van der Waals surface area contributed by atoms with Gasteiger partial charge in [-0.1, -0.05) is 11.6 Å². The smallest absolute Gasteiger partial charge is 0.122 e. The van der Waals surface area contributed by atoms with Gasteiger partial charge in [-0.25, -0.2) is 0 Å². The Hall–Kier alpha value is -0.730. The maximum absolute atomic E-state index is 6.00. The number of hydrogen-bond acceptors (Lipinski definition) is 2. The third-order valence-corrected chi connectivity index (χ3v) is 3.07. The first kappa shape index (κ1) is 10.8. The van der Waals surface area contributed by atoms with Gasteiger partial charge < -0.3 is 10.1 Å². The van der Waals surface area contributed by atoms with Gasteiger partial charge in [0.05, 0.1) is 6.61 Å². The molecule has 2 atom stereocenters. The SMILES string of the molecule is CCOc1ccc(Cl)cc1C1CC1NC. The molecule has 2 rings (SSSR count). The van der Waals surface area contributed by atoms with Gasteiger partial charge >= 0.3 is 0 Å². The van der Waals surface area contributed by atoms with Crippen LogP contribution >= 0.6 is 11.6 Å². The zero-order chi connectivity index (χ0) is 10.8. The highest BCUT2D eigenvalue weighted by atomic mass is 35.5. The van der Waals surface area contributed by atoms with Gasteiger partial charge in [-0.2, -0.15) is 0 Å². The minimum atomic E-state index is 0.565. The molecule has 1 aromatic carbocycles. The maximum Gasteiger partial charge on any atom is 0.122 e. The lowest BCUT2D eigenvalue weighted by Crippen LogP contribution is -2.10. The maximum atomic E-state index is 6.00. The number of nitrogens with one attached hydrogen (secondary N) is 1. The van der Waals surface area contributed by atoms with Crippen LogP contribution in [0.1, 0.15) is 24.8 Å². The first-order valence-corrected chi connectivity index (χ1v) is 5.73. The van der Waals surface area contributed by atoms with Gasteiger partial charge in [0.1, 0.15) is 5.75 Å². The Labute approximate surface area is 95.6 Å². The van der Waals surface area contributed by atoms with Gasteiger partial charge in [-0.3, -0.25) is 0 Å². The van der Waals surface area contributed by atoms with Gasteiger partial charge in [0.15, 0.2) is 0 Å². The molecule has 3 heteroatoms. The van der Waals surface area contributed by atoms with Crippen molar-refractivity contribution in [1.29, 1.82) is 0 Å². The van der Waals surface area contributed by atoms with E-state index in [4.69, 9.17) is 16.3 Å². The molecular formula is C12H16ClNO. The third-order valence-electron chi connectivity index (χ3n) is 2.83. The third kappa shape index (κ3) is 2.27. The molecule has 0 spiro atoms. The quantitative estimate of drug-likeness (QED) is 0.851. The van der Waals surface area contributed by atoms with E-state index in [1.165, 1.54) is 12.0 Å². The van der Waals surface area contributed by atoms with Crippen molar-refractivity contribution in [3.05, 3.63) is 28.8 Å². The molecule has 2 unspecified atom stereocenters. The lowest BCUT2D eigenvalue weighted by Gasteiger charge is -2.10. The van der Waals surface area contributed by atoms with E-state index in [9.17, 15) is 0 Å². The zero-order valence-corrected chi connectivity index (χ0v) is 9.84. The van der Waals surface area contributed by atoms with E-state index < -0.39 is 0 Å². The highest BCUT2D eigenvalue weighted by Gasteiger charge is 2.38. The summed E-state index contributed by atoms with van der Waals surface area (Å²) < 4.78 is 5.60. The molecule has 0 heterocycles. The largest absolute Gasteiger partial charge is 0.494 e. The molecule has 1 N–H and O–H groups in total. The predicted octanol–water partition coefficient (Wildman–Crippen LogP) is 2.81. The summed E-state index contributed by atoms with van der Waals surface area (Å²) in [7, 11) is 2.00. The molecule has 2 nitrogen and oxygen atoms in total. The number of hydrogen-bond donors (Lipinski definition) is 1. The fourth-order valence-corrected chi connectivity index (χ4v) is 2.13. The fourth-order valence-electron chi connectivity index (χ4n) is 1.95. The second-order valence-corrected chi connectivity index (χ2v) is 4.29. The Balaban J connectivity index is 2.23. The molecule has 0 aromatic heterocycles. The molecule has 1 fully saturated rings. The molecule has 1 aliphatic rings. The molecule has 0 amide bonds. The zero-order valence-electron chi connectivity index (χ0n) is 9.09. The second kappa shape index (κ2) is 4.42. The van der Waals surface area contributed by atoms with Gasteiger partial charge in [0.25, 0.3) is 0 Å². The van der Waals surface area contributed by atoms with Crippen molar-refractivity contribution >= 4 is 11.6 Å². The number of benzene rings is 1. The van der Waals surface area contributed by atoms with Crippen LogP contribution in [-0.4, -0.2) is 19.7 Å². The monoisotopic (exact) mass is 225 g/mol. The number of likely N-dealkylation sites (N-methyl/N-ethyl adjacent to an activating group) is 1. The summed E-state index contributed by atoms with van der Waals surface area (Å²) in [6.07, 6.45) is 1.18. The van der Waals surface area contributed by atoms with Crippen LogP contribution in [0.4, 0.5) is 0 Å². The molecular weight excluding hydrogens is 210 g/mol. The Kier molecular flexibility index (Phi) is 3.17. The average Bonchev–Trinajstić information content (AvgIpc) is 3.00. The summed E-state index contributed by atoms with van der Waals surface area (Å²) in [6, 6.07) is 6.45. The van der Waals surface area contributed by atoms with Crippen molar-refractivity contribution in [2.45, 2.75) is 25.3 Å². The highest BCUT2D eigenvalue weighted by molar-refractivity contribution is 6.30. The summed E-state index contributed by atoms with van der Waals surface area (Å²) in [5.41, 5.74) is 1.24. The summed E-state index contributed by atoms with van der Waals surface area (Å²) >= 11 is 6.00. The van der Waals surface area contributed by atoms with E-state index in [2.05, 4.69) is 5.32 Å².